The largest absolute Gasteiger partial charge is 0.480 e. The third-order valence-corrected chi connectivity index (χ3v) is 4.45. The molecular formula is C18H15NO2S. The number of para-hydroxylation sites is 1. The average molecular weight is 309 g/mol. The maximum absolute atomic E-state index is 12.2. The summed E-state index contributed by atoms with van der Waals surface area (Å²) in [6, 6.07) is 18.8. The molecule has 4 heteroatoms. The minimum absolute atomic E-state index is 0.655. The SMILES string of the molecule is Cn1c(C(C=S)(C(=O)O)c2ccccc2)cc2ccccc21. The Kier molecular flexibility index (Phi) is 3.54. The van der Waals surface area contributed by atoms with Crippen molar-refractivity contribution in [3.05, 3.63) is 71.9 Å². The summed E-state index contributed by atoms with van der Waals surface area (Å²) in [6.45, 7) is 0. The molecule has 0 amide bonds. The lowest BCUT2D eigenvalue weighted by Gasteiger charge is -2.26. The summed E-state index contributed by atoms with van der Waals surface area (Å²) in [5, 5.41) is 12.3. The average Bonchev–Trinajstić information content (AvgIpc) is 2.87. The Morgan fingerprint density at radius 2 is 1.77 bits per heavy atom. The van der Waals surface area contributed by atoms with Crippen LogP contribution in [-0.2, 0) is 17.3 Å². The Balaban J connectivity index is 2.37. The topological polar surface area (TPSA) is 42.2 Å². The van der Waals surface area contributed by atoms with Gasteiger partial charge in [0.25, 0.3) is 0 Å². The normalized spacial score (nSPS) is 13.7. The molecule has 2 aromatic carbocycles. The Morgan fingerprint density at radius 3 is 2.36 bits per heavy atom. The van der Waals surface area contributed by atoms with Crippen LogP contribution in [0.15, 0.2) is 60.7 Å². The van der Waals surface area contributed by atoms with Crippen molar-refractivity contribution in [1.82, 2.24) is 4.57 Å². The first-order valence-electron chi connectivity index (χ1n) is 6.91. The fourth-order valence-corrected chi connectivity index (χ4v) is 3.29. The van der Waals surface area contributed by atoms with Crippen LogP contribution < -0.4 is 0 Å². The first-order valence-corrected chi connectivity index (χ1v) is 7.38. The van der Waals surface area contributed by atoms with E-state index in [9.17, 15) is 9.90 Å². The van der Waals surface area contributed by atoms with Gasteiger partial charge in [-0.1, -0.05) is 60.7 Å². The molecule has 1 aromatic heterocycles. The van der Waals surface area contributed by atoms with Crippen molar-refractivity contribution >= 4 is 34.5 Å². The molecule has 0 radical (unpaired) electrons. The van der Waals surface area contributed by atoms with E-state index in [1.165, 1.54) is 5.37 Å². The molecule has 0 fully saturated rings. The predicted octanol–water partition coefficient (Wildman–Crippen LogP) is 3.55. The molecule has 1 heterocycles. The van der Waals surface area contributed by atoms with E-state index in [-0.39, 0.29) is 0 Å². The highest BCUT2D eigenvalue weighted by Gasteiger charge is 2.42. The van der Waals surface area contributed by atoms with Gasteiger partial charge in [-0.2, -0.15) is 0 Å². The highest BCUT2D eigenvalue weighted by Crippen LogP contribution is 2.34. The smallest absolute Gasteiger partial charge is 0.325 e. The van der Waals surface area contributed by atoms with Crippen LogP contribution in [0, 0.1) is 0 Å². The standard InChI is InChI=1S/C18H15NO2S/c1-19-15-10-6-5-7-13(15)11-16(19)18(12-22,17(20)21)14-8-3-2-4-9-14/h2-12H,1H3,(H,20,21). The summed E-state index contributed by atoms with van der Waals surface area (Å²) in [5.41, 5.74) is 0.950. The van der Waals surface area contributed by atoms with Crippen LogP contribution in [0.3, 0.4) is 0 Å². The molecule has 3 rings (SSSR count). The van der Waals surface area contributed by atoms with Crippen LogP contribution in [0.2, 0.25) is 0 Å². The van der Waals surface area contributed by atoms with Gasteiger partial charge in [0.1, 0.15) is 0 Å². The van der Waals surface area contributed by atoms with Crippen LogP contribution in [0.4, 0.5) is 0 Å². The number of nitrogens with zero attached hydrogens (tertiary/aromatic N) is 1. The number of carboxylic acids is 1. The summed E-state index contributed by atoms with van der Waals surface area (Å²) in [5.74, 6) is -0.973. The molecule has 3 aromatic rings. The van der Waals surface area contributed by atoms with Crippen molar-refractivity contribution in [2.75, 3.05) is 0 Å². The van der Waals surface area contributed by atoms with Crippen molar-refractivity contribution in [2.24, 2.45) is 7.05 Å². The second-order valence-corrected chi connectivity index (χ2v) is 5.48. The summed E-state index contributed by atoms with van der Waals surface area (Å²) >= 11 is 5.17. The lowest BCUT2D eigenvalue weighted by molar-refractivity contribution is -0.139. The molecule has 1 unspecified atom stereocenters. The number of carboxylic acid groups (broad SMARTS) is 1. The molecule has 110 valence electrons. The molecule has 0 aliphatic carbocycles. The Morgan fingerprint density at radius 1 is 1.14 bits per heavy atom. The van der Waals surface area contributed by atoms with Crippen LogP contribution in [0.25, 0.3) is 10.9 Å². The fraction of sp³-hybridized carbons (Fsp3) is 0.111. The highest BCUT2D eigenvalue weighted by molar-refractivity contribution is 7.79. The fourth-order valence-electron chi connectivity index (χ4n) is 2.93. The van der Waals surface area contributed by atoms with Gasteiger partial charge in [-0.05, 0) is 23.1 Å². The van der Waals surface area contributed by atoms with E-state index in [0.717, 1.165) is 10.9 Å². The van der Waals surface area contributed by atoms with Gasteiger partial charge in [0, 0.05) is 23.6 Å². The number of fused-ring (bicyclic) bond motifs is 1. The number of hydrogen-bond acceptors (Lipinski definition) is 2. The minimum Gasteiger partial charge on any atom is -0.480 e. The summed E-state index contributed by atoms with van der Waals surface area (Å²) in [4.78, 5) is 12.2. The zero-order valence-electron chi connectivity index (χ0n) is 12.1. The lowest BCUT2D eigenvalue weighted by atomic mass is 9.79. The minimum atomic E-state index is -1.34. The van der Waals surface area contributed by atoms with E-state index in [0.29, 0.717) is 11.3 Å². The first-order chi connectivity index (χ1) is 10.6. The van der Waals surface area contributed by atoms with Crippen LogP contribution in [0.5, 0.6) is 0 Å². The van der Waals surface area contributed by atoms with E-state index in [2.05, 4.69) is 0 Å². The molecule has 0 aliphatic heterocycles. The number of rotatable bonds is 4. The Hall–Kier alpha value is -2.46. The molecule has 0 spiro atoms. The van der Waals surface area contributed by atoms with Crippen LogP contribution in [0.1, 0.15) is 11.3 Å². The number of benzene rings is 2. The summed E-state index contributed by atoms with van der Waals surface area (Å²) in [6.07, 6.45) is 0. The van der Waals surface area contributed by atoms with Gasteiger partial charge in [0.15, 0.2) is 5.41 Å². The zero-order valence-corrected chi connectivity index (χ0v) is 12.9. The second kappa shape index (κ2) is 5.39. The van der Waals surface area contributed by atoms with E-state index in [1.807, 2.05) is 60.1 Å². The monoisotopic (exact) mass is 309 g/mol. The highest BCUT2D eigenvalue weighted by atomic mass is 32.1. The maximum atomic E-state index is 12.2. The van der Waals surface area contributed by atoms with Crippen molar-refractivity contribution < 1.29 is 9.90 Å². The molecule has 22 heavy (non-hydrogen) atoms. The van der Waals surface area contributed by atoms with Crippen molar-refractivity contribution in [3.8, 4) is 0 Å². The molecule has 1 atom stereocenters. The van der Waals surface area contributed by atoms with Crippen LogP contribution >= 0.6 is 12.2 Å². The summed E-state index contributed by atoms with van der Waals surface area (Å²) in [7, 11) is 1.87. The molecule has 0 bridgehead atoms. The maximum Gasteiger partial charge on any atom is 0.325 e. The molecule has 0 saturated carbocycles. The van der Waals surface area contributed by atoms with E-state index < -0.39 is 11.4 Å². The van der Waals surface area contributed by atoms with E-state index >= 15 is 0 Å². The van der Waals surface area contributed by atoms with Gasteiger partial charge in [-0.15, -0.1) is 0 Å². The number of aryl methyl sites for hydroxylation is 1. The van der Waals surface area contributed by atoms with Gasteiger partial charge in [0.05, 0.1) is 0 Å². The number of hydrogen-bond donors (Lipinski definition) is 1. The van der Waals surface area contributed by atoms with E-state index in [1.54, 1.807) is 12.1 Å². The first kappa shape index (κ1) is 14.5. The Bertz CT molecular complexity index is 854. The molecular weight excluding hydrogens is 294 g/mol. The number of aromatic nitrogens is 1. The van der Waals surface area contributed by atoms with E-state index in [4.69, 9.17) is 12.2 Å². The molecule has 0 aliphatic rings. The zero-order chi connectivity index (χ0) is 15.7. The molecule has 0 saturated heterocycles. The third kappa shape index (κ3) is 1.96. The number of thiocarbonyl (C=S) groups is 1. The molecule has 1 N–H and O–H groups in total. The van der Waals surface area contributed by atoms with Gasteiger partial charge in [-0.3, -0.25) is 4.79 Å². The van der Waals surface area contributed by atoms with Gasteiger partial charge in [0.2, 0.25) is 0 Å². The van der Waals surface area contributed by atoms with Crippen molar-refractivity contribution in [1.29, 1.82) is 0 Å². The number of carbonyl (C=O) groups is 1. The Labute approximate surface area is 133 Å². The van der Waals surface area contributed by atoms with Crippen molar-refractivity contribution in [2.45, 2.75) is 5.41 Å². The van der Waals surface area contributed by atoms with Gasteiger partial charge in [-0.25, -0.2) is 0 Å². The third-order valence-electron chi connectivity index (χ3n) is 4.10. The van der Waals surface area contributed by atoms with Crippen molar-refractivity contribution in [3.63, 3.8) is 0 Å². The van der Waals surface area contributed by atoms with Gasteiger partial charge < -0.3 is 9.67 Å². The summed E-state index contributed by atoms with van der Waals surface area (Å²) < 4.78 is 1.90. The lowest BCUT2D eigenvalue weighted by Crippen LogP contribution is -2.39. The second-order valence-electron chi connectivity index (χ2n) is 5.24. The molecule has 3 nitrogen and oxygen atoms in total. The quantitative estimate of drug-likeness (QED) is 0.749. The van der Waals surface area contributed by atoms with Gasteiger partial charge >= 0.3 is 5.97 Å². The predicted molar refractivity (Wildman–Crippen MR) is 91.4 cm³/mol. The number of aliphatic carboxylic acids is 1. The van der Waals surface area contributed by atoms with Crippen LogP contribution in [-0.4, -0.2) is 21.0 Å².